The molecule has 0 bridgehead atoms. The van der Waals surface area contributed by atoms with E-state index in [-0.39, 0.29) is 0 Å². The molecule has 0 atom stereocenters. The fourth-order valence-corrected chi connectivity index (χ4v) is 3.52. The lowest BCUT2D eigenvalue weighted by atomic mass is 9.85. The monoisotopic (exact) mass is 356 g/mol. The van der Waals surface area contributed by atoms with E-state index in [0.717, 1.165) is 12.8 Å². The van der Waals surface area contributed by atoms with Crippen molar-refractivity contribution in [1.82, 2.24) is 0 Å². The molecule has 0 amide bonds. The van der Waals surface area contributed by atoms with Gasteiger partial charge in [-0.05, 0) is 80.6 Å². The molecule has 1 aliphatic carbocycles. The Morgan fingerprint density at radius 1 is 0.632 bits per heavy atom. The first-order valence-electron chi connectivity index (χ1n) is 6.57. The summed E-state index contributed by atoms with van der Waals surface area (Å²) in [5.74, 6) is 0. The van der Waals surface area contributed by atoms with Gasteiger partial charge in [-0.25, -0.2) is 0 Å². The van der Waals surface area contributed by atoms with Crippen LogP contribution >= 0.6 is 22.6 Å². The molecule has 92 valence electrons. The lowest BCUT2D eigenvalue weighted by Gasteiger charge is -2.20. The summed E-state index contributed by atoms with van der Waals surface area (Å²) in [5, 5.41) is 2.73. The highest BCUT2D eigenvalue weighted by atomic mass is 127. The first-order valence-corrected chi connectivity index (χ1v) is 7.65. The predicted octanol–water partition coefficient (Wildman–Crippen LogP) is 4.94. The lowest BCUT2D eigenvalue weighted by molar-refractivity contribution is 1.01. The Kier molecular flexibility index (Phi) is 2.62. The van der Waals surface area contributed by atoms with E-state index in [1.54, 1.807) is 0 Å². The Labute approximate surface area is 126 Å². The molecule has 0 spiro atoms. The van der Waals surface area contributed by atoms with Gasteiger partial charge in [0.1, 0.15) is 0 Å². The fraction of sp³-hybridized carbons (Fsp3) is 0.111. The number of hydrogen-bond donors (Lipinski definition) is 0. The van der Waals surface area contributed by atoms with Crippen LogP contribution in [0.4, 0.5) is 0 Å². The van der Waals surface area contributed by atoms with Crippen LogP contribution in [0.3, 0.4) is 0 Å². The third-order valence-electron chi connectivity index (χ3n) is 4.00. The first-order chi connectivity index (χ1) is 9.29. The second-order valence-electron chi connectivity index (χ2n) is 5.23. The zero-order chi connectivity index (χ0) is 12.8. The maximum atomic E-state index is 2.38. The van der Waals surface area contributed by atoms with Crippen LogP contribution in [-0.2, 0) is 12.8 Å². The molecular weight excluding hydrogens is 343 g/mol. The van der Waals surface area contributed by atoms with Crippen molar-refractivity contribution in [2.24, 2.45) is 0 Å². The molecule has 0 N–H and O–H groups in total. The average molecular weight is 356 g/mol. The van der Waals surface area contributed by atoms with E-state index in [0.29, 0.717) is 0 Å². The standard InChI is InChI=1S/C18H13I/c19-18-6-5-14-9-15-7-12-3-1-2-4-13(12)8-16(15)10-17(14)11-18/h1-6,9-11H,7-8H2. The maximum absolute atomic E-state index is 2.38. The van der Waals surface area contributed by atoms with Crippen molar-refractivity contribution in [1.29, 1.82) is 0 Å². The molecule has 19 heavy (non-hydrogen) atoms. The van der Waals surface area contributed by atoms with Crippen LogP contribution in [0.15, 0.2) is 54.6 Å². The summed E-state index contributed by atoms with van der Waals surface area (Å²) in [4.78, 5) is 0. The van der Waals surface area contributed by atoms with Gasteiger partial charge in [-0.1, -0.05) is 42.5 Å². The second kappa shape index (κ2) is 4.34. The quantitative estimate of drug-likeness (QED) is 0.392. The highest BCUT2D eigenvalue weighted by molar-refractivity contribution is 14.1. The smallest absolute Gasteiger partial charge is 0.0136 e. The molecule has 0 radical (unpaired) electrons. The van der Waals surface area contributed by atoms with E-state index in [4.69, 9.17) is 0 Å². The van der Waals surface area contributed by atoms with Crippen LogP contribution in [0.1, 0.15) is 22.3 Å². The molecule has 0 aliphatic heterocycles. The average Bonchev–Trinajstić information content (AvgIpc) is 2.43. The Morgan fingerprint density at radius 2 is 1.26 bits per heavy atom. The highest BCUT2D eigenvalue weighted by Crippen LogP contribution is 2.30. The van der Waals surface area contributed by atoms with Crippen LogP contribution in [0.2, 0.25) is 0 Å². The molecule has 0 nitrogen and oxygen atoms in total. The molecule has 3 aromatic carbocycles. The van der Waals surface area contributed by atoms with Gasteiger partial charge < -0.3 is 0 Å². The summed E-state index contributed by atoms with van der Waals surface area (Å²) in [5.41, 5.74) is 5.96. The van der Waals surface area contributed by atoms with Gasteiger partial charge in [0.05, 0.1) is 0 Å². The van der Waals surface area contributed by atoms with E-state index in [9.17, 15) is 0 Å². The van der Waals surface area contributed by atoms with Crippen LogP contribution in [0, 0.1) is 3.57 Å². The molecular formula is C18H13I. The van der Waals surface area contributed by atoms with Crippen molar-refractivity contribution < 1.29 is 0 Å². The van der Waals surface area contributed by atoms with Gasteiger partial charge >= 0.3 is 0 Å². The summed E-state index contributed by atoms with van der Waals surface area (Å²) in [6.07, 6.45) is 2.15. The van der Waals surface area contributed by atoms with E-state index >= 15 is 0 Å². The summed E-state index contributed by atoms with van der Waals surface area (Å²) >= 11 is 2.38. The molecule has 3 aromatic rings. The summed E-state index contributed by atoms with van der Waals surface area (Å²) in [6, 6.07) is 20.3. The largest absolute Gasteiger partial charge is 0.0620 e. The minimum absolute atomic E-state index is 1.08. The number of benzene rings is 3. The molecule has 0 unspecified atom stereocenters. The van der Waals surface area contributed by atoms with Crippen molar-refractivity contribution in [3.63, 3.8) is 0 Å². The number of hydrogen-bond acceptors (Lipinski definition) is 0. The molecule has 0 fully saturated rings. The maximum Gasteiger partial charge on any atom is 0.0136 e. The van der Waals surface area contributed by atoms with E-state index < -0.39 is 0 Å². The van der Waals surface area contributed by atoms with Gasteiger partial charge in [0.15, 0.2) is 0 Å². The molecule has 0 heterocycles. The zero-order valence-corrected chi connectivity index (χ0v) is 12.6. The van der Waals surface area contributed by atoms with Gasteiger partial charge in [-0.3, -0.25) is 0 Å². The van der Waals surface area contributed by atoms with Crippen molar-refractivity contribution >= 4 is 33.4 Å². The van der Waals surface area contributed by atoms with E-state index in [1.807, 2.05) is 0 Å². The minimum Gasteiger partial charge on any atom is -0.0620 e. The van der Waals surface area contributed by atoms with Gasteiger partial charge in [-0.2, -0.15) is 0 Å². The predicted molar refractivity (Wildman–Crippen MR) is 88.7 cm³/mol. The summed E-state index contributed by atoms with van der Waals surface area (Å²) < 4.78 is 1.31. The molecule has 0 saturated carbocycles. The molecule has 0 saturated heterocycles. The van der Waals surface area contributed by atoms with E-state index in [2.05, 4.69) is 77.2 Å². The van der Waals surface area contributed by atoms with Crippen LogP contribution in [-0.4, -0.2) is 0 Å². The molecule has 0 aromatic heterocycles. The van der Waals surface area contributed by atoms with Crippen LogP contribution in [0.25, 0.3) is 10.8 Å². The lowest BCUT2D eigenvalue weighted by Crippen LogP contribution is -2.07. The Morgan fingerprint density at radius 3 is 1.95 bits per heavy atom. The van der Waals surface area contributed by atoms with E-state index in [1.165, 1.54) is 36.6 Å². The van der Waals surface area contributed by atoms with Gasteiger partial charge in [0, 0.05) is 3.57 Å². The van der Waals surface area contributed by atoms with Gasteiger partial charge in [-0.15, -0.1) is 0 Å². The van der Waals surface area contributed by atoms with Crippen molar-refractivity contribution in [3.8, 4) is 0 Å². The Bertz CT molecular complexity index is 787. The normalized spacial score (nSPS) is 13.1. The molecule has 1 heteroatoms. The van der Waals surface area contributed by atoms with Crippen molar-refractivity contribution in [3.05, 3.63) is 80.4 Å². The number of halogens is 1. The van der Waals surface area contributed by atoms with Crippen LogP contribution in [0.5, 0.6) is 0 Å². The Hall–Kier alpha value is -1.35. The number of fused-ring (bicyclic) bond motifs is 3. The third-order valence-corrected chi connectivity index (χ3v) is 4.67. The van der Waals surface area contributed by atoms with Gasteiger partial charge in [0.2, 0.25) is 0 Å². The minimum atomic E-state index is 1.08. The Balaban J connectivity index is 1.91. The third kappa shape index (κ3) is 1.96. The van der Waals surface area contributed by atoms with Crippen molar-refractivity contribution in [2.45, 2.75) is 12.8 Å². The molecule has 1 aliphatic rings. The zero-order valence-electron chi connectivity index (χ0n) is 10.5. The van der Waals surface area contributed by atoms with Crippen molar-refractivity contribution in [2.75, 3.05) is 0 Å². The topological polar surface area (TPSA) is 0 Å². The summed E-state index contributed by atoms with van der Waals surface area (Å²) in [7, 11) is 0. The van der Waals surface area contributed by atoms with Crippen LogP contribution < -0.4 is 0 Å². The highest BCUT2D eigenvalue weighted by Gasteiger charge is 2.15. The fourth-order valence-electron chi connectivity index (χ4n) is 3.00. The number of rotatable bonds is 0. The molecule has 4 rings (SSSR count). The first kappa shape index (κ1) is 11.5. The SMILES string of the molecule is Ic1ccc2cc3c(cc2c1)Cc1ccccc1C3. The second-order valence-corrected chi connectivity index (χ2v) is 6.48. The summed E-state index contributed by atoms with van der Waals surface area (Å²) in [6.45, 7) is 0. The van der Waals surface area contributed by atoms with Gasteiger partial charge in [0.25, 0.3) is 0 Å².